The minimum atomic E-state index is -1.38. The summed E-state index contributed by atoms with van der Waals surface area (Å²) in [7, 11) is -1.38. The van der Waals surface area contributed by atoms with Crippen molar-refractivity contribution >= 4 is 34.2 Å². The predicted octanol–water partition coefficient (Wildman–Crippen LogP) is 0.717. The van der Waals surface area contributed by atoms with Crippen LogP contribution in [0.2, 0.25) is 0 Å². The minimum absolute atomic E-state index is 0.0203. The van der Waals surface area contributed by atoms with Crippen LogP contribution in [0.15, 0.2) is 58.1 Å². The molecule has 0 aliphatic carbocycles. The van der Waals surface area contributed by atoms with Crippen LogP contribution in [-0.2, 0) is 28.9 Å². The number of para-hydroxylation sites is 1. The van der Waals surface area contributed by atoms with Crippen molar-refractivity contribution < 1.29 is 24.0 Å². The van der Waals surface area contributed by atoms with Crippen molar-refractivity contribution in [2.75, 3.05) is 36.5 Å². The third-order valence-electron chi connectivity index (χ3n) is 6.30. The number of carboxylic acid groups (broad SMARTS) is 1. The Morgan fingerprint density at radius 2 is 1.73 bits per heavy atom. The maximum atomic E-state index is 13.2. The first-order chi connectivity index (χ1) is 17.7. The van der Waals surface area contributed by atoms with Gasteiger partial charge < -0.3 is 25.7 Å². The number of hydrogen-bond donors (Lipinski definition) is 4. The maximum absolute atomic E-state index is 13.2. The largest absolute Gasteiger partial charge is 0.505 e. The third-order valence-corrected chi connectivity index (χ3v) is 7.35. The zero-order valence-corrected chi connectivity index (χ0v) is 20.8. The van der Waals surface area contributed by atoms with Gasteiger partial charge in [0.15, 0.2) is 5.75 Å². The van der Waals surface area contributed by atoms with Crippen LogP contribution in [0.3, 0.4) is 0 Å². The monoisotopic (exact) mass is 526 g/mol. The van der Waals surface area contributed by atoms with Crippen molar-refractivity contribution in [3.8, 4) is 5.75 Å². The van der Waals surface area contributed by atoms with Crippen molar-refractivity contribution in [3.05, 3.63) is 85.7 Å². The molecule has 0 saturated carbocycles. The molecular formula is C25H26N4O7S. The van der Waals surface area contributed by atoms with Crippen LogP contribution in [0, 0.1) is 0 Å². The van der Waals surface area contributed by atoms with E-state index in [0.717, 1.165) is 10.5 Å². The second kappa shape index (κ2) is 10.9. The Balaban J connectivity index is 1.48. The number of anilines is 2. The molecule has 194 valence electrons. The van der Waals surface area contributed by atoms with Gasteiger partial charge in [0.05, 0.1) is 33.5 Å². The Morgan fingerprint density at radius 1 is 1.00 bits per heavy atom. The molecule has 11 nitrogen and oxygen atoms in total. The molecule has 0 aromatic heterocycles. The van der Waals surface area contributed by atoms with Crippen LogP contribution in [0.5, 0.6) is 5.75 Å². The van der Waals surface area contributed by atoms with Crippen LogP contribution in [-0.4, -0.2) is 67.4 Å². The number of carbonyl (C=O) groups is 2. The number of hydrogen-bond acceptors (Lipinski definition) is 8. The molecule has 1 heterocycles. The van der Waals surface area contributed by atoms with Crippen molar-refractivity contribution in [1.29, 1.82) is 0 Å². The number of nitrogens with one attached hydrogen (secondary N) is 2. The summed E-state index contributed by atoms with van der Waals surface area (Å²) >= 11 is 0. The van der Waals surface area contributed by atoms with Crippen molar-refractivity contribution in [1.82, 2.24) is 9.21 Å². The number of benzene rings is 2. The summed E-state index contributed by atoms with van der Waals surface area (Å²) in [6.07, 6.45) is 1.44. The average molecular weight is 527 g/mol. The summed E-state index contributed by atoms with van der Waals surface area (Å²) in [5.41, 5.74) is 0.139. The summed E-state index contributed by atoms with van der Waals surface area (Å²) < 4.78 is 13.3. The fourth-order valence-electron chi connectivity index (χ4n) is 4.22. The second-order valence-electron chi connectivity index (χ2n) is 8.57. The molecule has 0 spiro atoms. The van der Waals surface area contributed by atoms with Crippen LogP contribution in [0.25, 0.3) is 0 Å². The molecule has 1 fully saturated rings. The number of phenolic OH excluding ortho intramolecular Hbond substituents is 1. The normalized spacial score (nSPS) is 16.9. The number of aromatic hydroxyl groups is 1. The summed E-state index contributed by atoms with van der Waals surface area (Å²) in [5.74, 6) is -2.34. The quantitative estimate of drug-likeness (QED) is 0.233. The molecule has 2 unspecified atom stereocenters. The van der Waals surface area contributed by atoms with Gasteiger partial charge in [-0.1, -0.05) is 36.4 Å². The van der Waals surface area contributed by atoms with Gasteiger partial charge in [0, 0.05) is 39.0 Å². The molecule has 2 atom stereocenters. The van der Waals surface area contributed by atoms with Crippen molar-refractivity contribution in [3.63, 3.8) is 0 Å². The number of rotatable bonds is 9. The zero-order chi connectivity index (χ0) is 26.7. The van der Waals surface area contributed by atoms with Gasteiger partial charge in [-0.25, -0.2) is 13.3 Å². The van der Waals surface area contributed by atoms with Gasteiger partial charge in [-0.3, -0.25) is 14.4 Å². The topological polar surface area (TPSA) is 156 Å². The zero-order valence-electron chi connectivity index (χ0n) is 20.0. The van der Waals surface area contributed by atoms with E-state index in [1.807, 2.05) is 30.3 Å². The number of amides is 1. The number of carboxylic acids is 1. The highest BCUT2D eigenvalue weighted by Gasteiger charge is 2.37. The van der Waals surface area contributed by atoms with Crippen LogP contribution < -0.4 is 21.5 Å². The molecule has 0 radical (unpaired) electrons. The second-order valence-corrected chi connectivity index (χ2v) is 9.93. The number of nitrogens with zero attached hydrogens (tertiary/aromatic N) is 2. The van der Waals surface area contributed by atoms with E-state index in [1.54, 1.807) is 0 Å². The lowest BCUT2D eigenvalue weighted by molar-refractivity contribution is -0.143. The molecule has 1 aliphatic heterocycles. The molecule has 1 aliphatic rings. The summed E-state index contributed by atoms with van der Waals surface area (Å²) in [5, 5.41) is 26.3. The van der Waals surface area contributed by atoms with Crippen molar-refractivity contribution in [2.24, 2.45) is 0 Å². The molecule has 1 saturated heterocycles. The Hall–Kier alpha value is -4.03. The molecular weight excluding hydrogens is 500 g/mol. The lowest BCUT2D eigenvalue weighted by Crippen LogP contribution is -2.58. The molecule has 0 bridgehead atoms. The van der Waals surface area contributed by atoms with Gasteiger partial charge >= 0.3 is 5.97 Å². The summed E-state index contributed by atoms with van der Waals surface area (Å²) in [4.78, 5) is 50.4. The first kappa shape index (κ1) is 26.0. The Bertz CT molecular complexity index is 1420. The fraction of sp³-hybridized carbons (Fsp3) is 0.280. The number of piperazine rings is 1. The van der Waals surface area contributed by atoms with Gasteiger partial charge in [-0.2, -0.15) is 0 Å². The van der Waals surface area contributed by atoms with Crippen molar-refractivity contribution in [2.45, 2.75) is 19.1 Å². The van der Waals surface area contributed by atoms with E-state index in [0.29, 0.717) is 6.54 Å². The minimum Gasteiger partial charge on any atom is -0.505 e. The van der Waals surface area contributed by atoms with Gasteiger partial charge in [-0.15, -0.1) is 0 Å². The van der Waals surface area contributed by atoms with Gasteiger partial charge in [-0.05, 0) is 17.7 Å². The first-order valence-corrected chi connectivity index (χ1v) is 13.0. The number of aliphatic carboxylic acids is 1. The van der Waals surface area contributed by atoms with E-state index in [9.17, 15) is 33.6 Å². The Labute approximate surface area is 214 Å². The molecule has 4 N–H and O–H groups in total. The van der Waals surface area contributed by atoms with E-state index in [1.165, 1.54) is 28.8 Å². The lowest BCUT2D eigenvalue weighted by atomic mass is 10.1. The summed E-state index contributed by atoms with van der Waals surface area (Å²) in [6.45, 7) is 0.432. The highest BCUT2D eigenvalue weighted by Crippen LogP contribution is 2.30. The molecule has 3 aromatic carbocycles. The van der Waals surface area contributed by atoms with Crippen LogP contribution >= 0.6 is 0 Å². The number of carbonyl (C=O) groups excluding carboxylic acids is 1. The molecule has 3 aromatic rings. The van der Waals surface area contributed by atoms with E-state index >= 15 is 0 Å². The van der Waals surface area contributed by atoms with Crippen LogP contribution in [0.4, 0.5) is 11.4 Å². The Morgan fingerprint density at radius 3 is 2.41 bits per heavy atom. The maximum Gasteiger partial charge on any atom is 0.327 e. The molecule has 37 heavy (non-hydrogen) atoms. The van der Waals surface area contributed by atoms with Crippen LogP contribution in [0.1, 0.15) is 21.5 Å². The predicted molar refractivity (Wildman–Crippen MR) is 139 cm³/mol. The van der Waals surface area contributed by atoms with Gasteiger partial charge in [0.1, 0.15) is 6.04 Å². The lowest BCUT2D eigenvalue weighted by Gasteiger charge is -2.38. The van der Waals surface area contributed by atoms with E-state index in [4.69, 9.17) is 0 Å². The molecule has 1 amide bonds. The van der Waals surface area contributed by atoms with E-state index in [-0.39, 0.29) is 48.7 Å². The highest BCUT2D eigenvalue weighted by molar-refractivity contribution is 7.81. The molecule has 12 heteroatoms. The van der Waals surface area contributed by atoms with E-state index in [2.05, 4.69) is 10.6 Å². The van der Waals surface area contributed by atoms with Gasteiger partial charge in [0.25, 0.3) is 5.91 Å². The summed E-state index contributed by atoms with van der Waals surface area (Å²) in [6, 6.07) is 12.5. The average Bonchev–Trinajstić information content (AvgIpc) is 2.90. The Kier molecular flexibility index (Phi) is 7.69. The third kappa shape index (κ3) is 5.39. The number of phenols is 1. The highest BCUT2D eigenvalue weighted by atomic mass is 32.2. The van der Waals surface area contributed by atoms with Gasteiger partial charge in [0.2, 0.25) is 10.9 Å². The standard InChI is InChI=1S/C25H26N4O7S/c1-37(36)28-10-11-29(19(14-28)25(34)35)24(33)16-8-5-9-18(21(16)30)26-13-17-20(23(32)22(17)31)27-12-15-6-3-2-4-7-15/h2-9,19,26-27,30H,10-14H2,1H3,(H,34,35). The smallest absolute Gasteiger partial charge is 0.327 e. The van der Waals surface area contributed by atoms with E-state index < -0.39 is 45.5 Å². The SMILES string of the molecule is CS(=O)N1CCN(C(=O)c2cccc(NCc3c(NCc4ccccc4)c(=O)c3=O)c2O)C(C(=O)O)C1. The first-order valence-electron chi connectivity index (χ1n) is 11.5. The molecule has 4 rings (SSSR count). The fourth-order valence-corrected chi connectivity index (χ4v) is 4.91.